The first-order valence-corrected chi connectivity index (χ1v) is 3.75. The summed E-state index contributed by atoms with van der Waals surface area (Å²) in [6, 6.07) is 0. The number of hydrogen-bond acceptors (Lipinski definition) is 4. The van der Waals surface area contributed by atoms with Gasteiger partial charge in [-0.15, -0.1) is 0 Å². The van der Waals surface area contributed by atoms with Crippen molar-refractivity contribution in [1.29, 1.82) is 0 Å². The topological polar surface area (TPSA) is 71.4 Å². The van der Waals surface area contributed by atoms with Crippen molar-refractivity contribution in [3.63, 3.8) is 0 Å². The molecule has 1 aliphatic rings. The summed E-state index contributed by atoms with van der Waals surface area (Å²) < 4.78 is -0.877. The maximum atomic E-state index is 10.6. The quantitative estimate of drug-likeness (QED) is 0.337. The van der Waals surface area contributed by atoms with Crippen LogP contribution in [-0.4, -0.2) is 32.5 Å². The highest BCUT2D eigenvalue weighted by molar-refractivity contribution is 14.1. The fourth-order valence-electron chi connectivity index (χ4n) is 0.657. The zero-order valence-corrected chi connectivity index (χ0v) is 6.86. The molecule has 0 radical (unpaired) electrons. The van der Waals surface area contributed by atoms with Crippen LogP contribution >= 0.6 is 22.6 Å². The van der Waals surface area contributed by atoms with Gasteiger partial charge in [0.2, 0.25) is 11.6 Å². The van der Waals surface area contributed by atoms with Crippen LogP contribution in [0.4, 0.5) is 0 Å². The lowest BCUT2D eigenvalue weighted by molar-refractivity contribution is -0.141. The first-order valence-electron chi connectivity index (χ1n) is 2.50. The first-order chi connectivity index (χ1) is 4.55. The van der Waals surface area contributed by atoms with E-state index in [9.17, 15) is 14.4 Å². The zero-order chi connectivity index (χ0) is 7.89. The molecular formula is C5H3IO4. The number of rotatable bonds is 0. The van der Waals surface area contributed by atoms with Gasteiger partial charge in [0.1, 0.15) is 10.0 Å². The Hall–Kier alpha value is -0.300. The average molecular weight is 254 g/mol. The predicted molar refractivity (Wildman–Crippen MR) is 38.8 cm³/mol. The van der Waals surface area contributed by atoms with Crippen LogP contribution in [0.3, 0.4) is 0 Å². The normalized spacial score (nSPS) is 33.6. The molecule has 5 heteroatoms. The molecule has 1 fully saturated rings. The Balaban J connectivity index is 3.00. The van der Waals surface area contributed by atoms with Crippen molar-refractivity contribution in [2.75, 3.05) is 0 Å². The van der Waals surface area contributed by atoms with Crippen LogP contribution in [0.25, 0.3) is 0 Å². The minimum absolute atomic E-state index is 0.793. The number of aliphatic hydroxyl groups is 1. The van der Waals surface area contributed by atoms with Crippen molar-refractivity contribution in [2.24, 2.45) is 0 Å². The largest absolute Gasteiger partial charge is 0.383 e. The Morgan fingerprint density at radius 1 is 1.20 bits per heavy atom. The van der Waals surface area contributed by atoms with Crippen molar-refractivity contribution >= 4 is 39.9 Å². The molecule has 2 atom stereocenters. The summed E-state index contributed by atoms with van der Waals surface area (Å²) in [5.41, 5.74) is 0. The molecule has 4 nitrogen and oxygen atoms in total. The Labute approximate surface area is 69.7 Å². The fraction of sp³-hybridized carbons (Fsp3) is 0.400. The molecule has 1 saturated carbocycles. The van der Waals surface area contributed by atoms with Gasteiger partial charge in [-0.25, -0.2) is 0 Å². The fourth-order valence-corrected chi connectivity index (χ4v) is 1.27. The molecule has 0 saturated heterocycles. The van der Waals surface area contributed by atoms with Crippen molar-refractivity contribution in [3.8, 4) is 0 Å². The van der Waals surface area contributed by atoms with E-state index in [2.05, 4.69) is 0 Å². The molecule has 10 heavy (non-hydrogen) atoms. The minimum Gasteiger partial charge on any atom is -0.383 e. The van der Waals surface area contributed by atoms with E-state index in [0.29, 0.717) is 0 Å². The second-order valence-electron chi connectivity index (χ2n) is 1.90. The number of halogens is 1. The summed E-state index contributed by atoms with van der Waals surface area (Å²) in [6.45, 7) is 0. The molecule has 0 amide bonds. The Kier molecular flexibility index (Phi) is 1.86. The number of hydrogen-bond donors (Lipinski definition) is 1. The van der Waals surface area contributed by atoms with E-state index < -0.39 is 27.4 Å². The molecule has 2 unspecified atom stereocenters. The van der Waals surface area contributed by atoms with Crippen molar-refractivity contribution in [3.05, 3.63) is 0 Å². The molecule has 1 N–H and O–H groups in total. The van der Waals surface area contributed by atoms with E-state index in [-0.39, 0.29) is 0 Å². The van der Waals surface area contributed by atoms with Crippen LogP contribution in [0.15, 0.2) is 0 Å². The molecule has 54 valence electrons. The second kappa shape index (κ2) is 2.39. The van der Waals surface area contributed by atoms with Gasteiger partial charge >= 0.3 is 0 Å². The lowest BCUT2D eigenvalue weighted by Gasteiger charge is -1.97. The highest BCUT2D eigenvalue weighted by atomic mass is 127. The van der Waals surface area contributed by atoms with Crippen molar-refractivity contribution < 1.29 is 19.5 Å². The Bertz CT molecular complexity index is 200. The summed E-state index contributed by atoms with van der Waals surface area (Å²) >= 11 is 1.57. The molecule has 0 aromatic carbocycles. The number of Topliss-reactive ketones (excluding diaryl/α,β-unsaturated/α-hetero) is 3. The summed E-state index contributed by atoms with van der Waals surface area (Å²) in [7, 11) is 0. The molecular weight excluding hydrogens is 251 g/mol. The summed E-state index contributed by atoms with van der Waals surface area (Å²) in [5.74, 6) is -2.85. The summed E-state index contributed by atoms with van der Waals surface area (Å²) in [6.07, 6.45) is -1.42. The average Bonchev–Trinajstić information content (AvgIpc) is 2.07. The summed E-state index contributed by atoms with van der Waals surface area (Å²) in [5, 5.41) is 8.81. The molecule has 0 aliphatic heterocycles. The van der Waals surface area contributed by atoms with Gasteiger partial charge in [0, 0.05) is 0 Å². The highest BCUT2D eigenvalue weighted by Crippen LogP contribution is 2.17. The Morgan fingerprint density at radius 3 is 1.80 bits per heavy atom. The minimum atomic E-state index is -1.42. The third kappa shape index (κ3) is 0.891. The van der Waals surface area contributed by atoms with Gasteiger partial charge in [0.15, 0.2) is 0 Å². The SMILES string of the molecule is O=C1C(=O)C(O)C(I)C1=O. The van der Waals surface area contributed by atoms with E-state index in [1.807, 2.05) is 0 Å². The van der Waals surface area contributed by atoms with E-state index in [4.69, 9.17) is 5.11 Å². The molecule has 0 spiro atoms. The van der Waals surface area contributed by atoms with Gasteiger partial charge in [-0.2, -0.15) is 0 Å². The van der Waals surface area contributed by atoms with Gasteiger partial charge in [-0.3, -0.25) is 14.4 Å². The van der Waals surface area contributed by atoms with Crippen molar-refractivity contribution in [2.45, 2.75) is 10.0 Å². The van der Waals surface area contributed by atoms with Crippen LogP contribution in [0.5, 0.6) is 0 Å². The maximum absolute atomic E-state index is 10.6. The first kappa shape index (κ1) is 7.80. The molecule has 0 aromatic rings. The smallest absolute Gasteiger partial charge is 0.268 e. The molecule has 1 rings (SSSR count). The van der Waals surface area contributed by atoms with E-state index >= 15 is 0 Å². The van der Waals surface area contributed by atoms with Gasteiger partial charge < -0.3 is 5.11 Å². The third-order valence-corrected chi connectivity index (χ3v) is 2.49. The van der Waals surface area contributed by atoms with Gasteiger partial charge in [0.05, 0.1) is 0 Å². The number of ketones is 3. The number of carbonyl (C=O) groups excluding carboxylic acids is 3. The van der Waals surface area contributed by atoms with E-state index in [0.717, 1.165) is 0 Å². The van der Waals surface area contributed by atoms with E-state index in [1.165, 1.54) is 0 Å². The zero-order valence-electron chi connectivity index (χ0n) is 4.70. The van der Waals surface area contributed by atoms with Gasteiger partial charge in [-0.1, -0.05) is 22.6 Å². The number of alkyl halides is 1. The van der Waals surface area contributed by atoms with Crippen LogP contribution in [0.2, 0.25) is 0 Å². The van der Waals surface area contributed by atoms with Crippen LogP contribution in [0, 0.1) is 0 Å². The highest BCUT2D eigenvalue weighted by Gasteiger charge is 2.46. The van der Waals surface area contributed by atoms with Gasteiger partial charge in [0.25, 0.3) is 5.78 Å². The third-order valence-electron chi connectivity index (χ3n) is 1.24. The molecule has 0 heterocycles. The van der Waals surface area contributed by atoms with Gasteiger partial charge in [-0.05, 0) is 0 Å². The molecule has 0 bridgehead atoms. The predicted octanol–water partition coefficient (Wildman–Crippen LogP) is -1.13. The second-order valence-corrected chi connectivity index (χ2v) is 3.25. The summed E-state index contributed by atoms with van der Waals surface area (Å²) in [4.78, 5) is 31.6. The Morgan fingerprint density at radius 2 is 1.70 bits per heavy atom. The van der Waals surface area contributed by atoms with E-state index in [1.54, 1.807) is 22.6 Å². The lowest BCUT2D eigenvalue weighted by atomic mass is 10.3. The van der Waals surface area contributed by atoms with Crippen molar-refractivity contribution in [1.82, 2.24) is 0 Å². The van der Waals surface area contributed by atoms with Crippen LogP contribution in [0.1, 0.15) is 0 Å². The molecule has 1 aliphatic carbocycles. The number of aliphatic hydroxyl groups excluding tert-OH is 1. The van der Waals surface area contributed by atoms with Crippen LogP contribution < -0.4 is 0 Å². The van der Waals surface area contributed by atoms with Crippen LogP contribution in [-0.2, 0) is 14.4 Å². The lowest BCUT2D eigenvalue weighted by Crippen LogP contribution is -2.22. The standard InChI is InChI=1S/C5H3IO4/c6-1-2(7)4(9)5(10)3(1)8/h1-2,7H. The molecule has 0 aromatic heterocycles. The maximum Gasteiger partial charge on any atom is 0.268 e. The monoisotopic (exact) mass is 254 g/mol. The number of carbonyl (C=O) groups is 3.